The second-order valence-corrected chi connectivity index (χ2v) is 6.20. The first kappa shape index (κ1) is 8.94. The van der Waals surface area contributed by atoms with Gasteiger partial charge in [-0.05, 0) is 31.8 Å². The Labute approximate surface area is 78.3 Å². The van der Waals surface area contributed by atoms with Crippen LogP contribution in [-0.4, -0.2) is 24.6 Å². The number of hydrogen-bond acceptors (Lipinski definition) is 3. The van der Waals surface area contributed by atoms with Gasteiger partial charge in [-0.15, -0.1) is 0 Å². The lowest BCUT2D eigenvalue weighted by molar-refractivity contribution is 0.583. The molecule has 0 aromatic carbocycles. The van der Waals surface area contributed by atoms with Gasteiger partial charge >= 0.3 is 0 Å². The quantitative estimate of drug-likeness (QED) is 0.728. The van der Waals surface area contributed by atoms with Gasteiger partial charge in [0.05, 0.1) is 10.5 Å². The minimum absolute atomic E-state index is 0.0746. The van der Waals surface area contributed by atoms with Crippen LogP contribution in [0.3, 0.4) is 0 Å². The van der Waals surface area contributed by atoms with Crippen molar-refractivity contribution in [2.75, 3.05) is 0 Å². The molecule has 1 saturated carbocycles. The average molecular weight is 199 g/mol. The van der Waals surface area contributed by atoms with Crippen LogP contribution in [0.25, 0.3) is 0 Å². The lowest BCUT2D eigenvalue weighted by Crippen LogP contribution is -2.26. The zero-order valence-electron chi connectivity index (χ0n) is 7.36. The normalized spacial score (nSPS) is 29.2. The Balaban J connectivity index is 2.17. The lowest BCUT2D eigenvalue weighted by atomic mass is 10.1. The molecule has 1 N–H and O–H groups in total. The smallest absolute Gasteiger partial charge is 0.159 e. The summed E-state index contributed by atoms with van der Waals surface area (Å²) in [5.74, 6) is 0. The van der Waals surface area contributed by atoms with Crippen LogP contribution >= 0.6 is 0 Å². The Hall–Kier alpha value is -0.640. The van der Waals surface area contributed by atoms with Gasteiger partial charge in [0.1, 0.15) is 0 Å². The highest BCUT2D eigenvalue weighted by molar-refractivity contribution is 7.93. The zero-order valence-corrected chi connectivity index (χ0v) is 8.18. The molecule has 72 valence electrons. The second-order valence-electron chi connectivity index (χ2n) is 3.75. The Bertz CT molecular complexity index is 352. The summed E-state index contributed by atoms with van der Waals surface area (Å²) >= 11 is 0. The summed E-state index contributed by atoms with van der Waals surface area (Å²) in [4.78, 5) is 0. The maximum Gasteiger partial charge on any atom is 0.159 e. The molecule has 0 amide bonds. The zero-order chi connectivity index (χ0) is 9.47. The van der Waals surface area contributed by atoms with E-state index in [2.05, 4.69) is 0 Å². The maximum absolute atomic E-state index is 11.7. The van der Waals surface area contributed by atoms with Gasteiger partial charge in [0.2, 0.25) is 0 Å². The van der Waals surface area contributed by atoms with Gasteiger partial charge in [-0.25, -0.2) is 8.42 Å². The number of hydrogen-bond donors (Lipinski definition) is 1. The predicted octanol–water partition coefficient (Wildman–Crippen LogP) is 1.30. The van der Waals surface area contributed by atoms with Crippen molar-refractivity contribution in [3.63, 3.8) is 0 Å². The minimum atomic E-state index is -2.90. The van der Waals surface area contributed by atoms with Gasteiger partial charge in [-0.2, -0.15) is 0 Å². The van der Waals surface area contributed by atoms with Crippen LogP contribution in [0.2, 0.25) is 0 Å². The molecule has 0 bridgehead atoms. The van der Waals surface area contributed by atoms with E-state index < -0.39 is 9.84 Å². The van der Waals surface area contributed by atoms with E-state index in [1.807, 2.05) is 0 Å². The van der Waals surface area contributed by atoms with Crippen molar-refractivity contribution >= 4 is 15.5 Å². The van der Waals surface area contributed by atoms with Gasteiger partial charge in [-0.3, -0.25) is 0 Å². The molecular formula is C9H13NO2S. The third kappa shape index (κ3) is 1.68. The first-order valence-corrected chi connectivity index (χ1v) is 6.20. The molecule has 0 heterocycles. The molecule has 0 spiro atoms. The van der Waals surface area contributed by atoms with Gasteiger partial charge in [0.15, 0.2) is 9.84 Å². The van der Waals surface area contributed by atoms with Crippen molar-refractivity contribution in [3.05, 3.63) is 12.2 Å². The van der Waals surface area contributed by atoms with Crippen molar-refractivity contribution in [1.29, 1.82) is 5.41 Å². The second kappa shape index (κ2) is 2.94. The molecule has 1 atom stereocenters. The van der Waals surface area contributed by atoms with E-state index in [0.717, 1.165) is 12.8 Å². The average Bonchev–Trinajstić information content (AvgIpc) is 2.87. The summed E-state index contributed by atoms with van der Waals surface area (Å²) in [6.07, 6.45) is 6.20. The van der Waals surface area contributed by atoms with E-state index in [1.54, 1.807) is 12.2 Å². The SMILES string of the molecule is N=C1C=CC(S(=O)(=O)C2CC2)CC1. The van der Waals surface area contributed by atoms with E-state index in [1.165, 1.54) is 0 Å². The van der Waals surface area contributed by atoms with Gasteiger partial charge in [-0.1, -0.05) is 6.08 Å². The molecule has 1 unspecified atom stereocenters. The molecule has 2 aliphatic rings. The highest BCUT2D eigenvalue weighted by Gasteiger charge is 2.40. The summed E-state index contributed by atoms with van der Waals surface area (Å²) in [5, 5.41) is 6.94. The third-order valence-corrected chi connectivity index (χ3v) is 5.26. The highest BCUT2D eigenvalue weighted by Crippen LogP contribution is 2.33. The van der Waals surface area contributed by atoms with Crippen LogP contribution in [0.4, 0.5) is 0 Å². The van der Waals surface area contributed by atoms with Crippen LogP contribution < -0.4 is 0 Å². The molecule has 0 aromatic rings. The molecule has 2 rings (SSSR count). The largest absolute Gasteiger partial charge is 0.305 e. The van der Waals surface area contributed by atoms with Crippen LogP contribution in [0.1, 0.15) is 25.7 Å². The molecular weight excluding hydrogens is 186 g/mol. The predicted molar refractivity (Wildman–Crippen MR) is 51.8 cm³/mol. The molecule has 4 heteroatoms. The third-order valence-electron chi connectivity index (χ3n) is 2.62. The highest BCUT2D eigenvalue weighted by atomic mass is 32.2. The van der Waals surface area contributed by atoms with Crippen LogP contribution in [0.5, 0.6) is 0 Å². The Morgan fingerprint density at radius 1 is 1.31 bits per heavy atom. The van der Waals surface area contributed by atoms with Crippen molar-refractivity contribution < 1.29 is 8.42 Å². The van der Waals surface area contributed by atoms with Crippen molar-refractivity contribution in [2.24, 2.45) is 0 Å². The summed E-state index contributed by atoms with van der Waals surface area (Å²) in [6.45, 7) is 0. The lowest BCUT2D eigenvalue weighted by Gasteiger charge is -2.16. The maximum atomic E-state index is 11.7. The molecule has 0 radical (unpaired) electrons. The fourth-order valence-corrected chi connectivity index (χ4v) is 3.65. The van der Waals surface area contributed by atoms with Crippen LogP contribution in [-0.2, 0) is 9.84 Å². The summed E-state index contributed by atoms with van der Waals surface area (Å²) in [5.41, 5.74) is 0.544. The van der Waals surface area contributed by atoms with Crippen molar-refractivity contribution in [2.45, 2.75) is 36.2 Å². The van der Waals surface area contributed by atoms with E-state index in [-0.39, 0.29) is 10.5 Å². The van der Waals surface area contributed by atoms with Crippen LogP contribution in [0.15, 0.2) is 12.2 Å². The number of rotatable bonds is 2. The van der Waals surface area contributed by atoms with Crippen LogP contribution in [0, 0.1) is 5.41 Å². The molecule has 13 heavy (non-hydrogen) atoms. The van der Waals surface area contributed by atoms with E-state index >= 15 is 0 Å². The van der Waals surface area contributed by atoms with Crippen molar-refractivity contribution in [3.8, 4) is 0 Å². The first-order valence-electron chi connectivity index (χ1n) is 4.59. The first-order chi connectivity index (χ1) is 6.10. The van der Waals surface area contributed by atoms with Gasteiger partial charge in [0.25, 0.3) is 0 Å². The number of sulfone groups is 1. The molecule has 0 saturated heterocycles. The van der Waals surface area contributed by atoms with E-state index in [0.29, 0.717) is 18.6 Å². The summed E-state index contributed by atoms with van der Waals surface area (Å²) in [7, 11) is -2.90. The summed E-state index contributed by atoms with van der Waals surface area (Å²) < 4.78 is 23.5. The molecule has 0 aromatic heterocycles. The van der Waals surface area contributed by atoms with Gasteiger partial charge in [0, 0.05) is 5.71 Å². The fourth-order valence-electron chi connectivity index (χ4n) is 1.62. The van der Waals surface area contributed by atoms with E-state index in [4.69, 9.17) is 5.41 Å². The number of allylic oxidation sites excluding steroid dienone is 1. The number of nitrogens with one attached hydrogen (secondary N) is 1. The minimum Gasteiger partial charge on any atom is -0.305 e. The molecule has 1 fully saturated rings. The Kier molecular flexibility index (Phi) is 2.02. The fraction of sp³-hybridized carbons (Fsp3) is 0.667. The summed E-state index contributed by atoms with van der Waals surface area (Å²) in [6, 6.07) is 0. The molecule has 2 aliphatic carbocycles. The standard InChI is InChI=1S/C9H13NO2S/c10-7-1-3-8(4-2-7)13(11,12)9-5-6-9/h1,3,8-10H,2,4-6H2. The Morgan fingerprint density at radius 3 is 2.46 bits per heavy atom. The van der Waals surface area contributed by atoms with E-state index in [9.17, 15) is 8.42 Å². The monoisotopic (exact) mass is 199 g/mol. The van der Waals surface area contributed by atoms with Crippen molar-refractivity contribution in [1.82, 2.24) is 0 Å². The molecule has 3 nitrogen and oxygen atoms in total. The Morgan fingerprint density at radius 2 is 2.00 bits per heavy atom. The van der Waals surface area contributed by atoms with Gasteiger partial charge < -0.3 is 5.41 Å². The molecule has 0 aliphatic heterocycles. The topological polar surface area (TPSA) is 58.0 Å².